The fourth-order valence-electron chi connectivity index (χ4n) is 2.61. The first-order valence-electron chi connectivity index (χ1n) is 5.92. The molecule has 2 aliphatic heterocycles. The summed E-state index contributed by atoms with van der Waals surface area (Å²) in [5.41, 5.74) is 0. The molecule has 0 spiro atoms. The quantitative estimate of drug-likeness (QED) is 0.747. The molecule has 0 unspecified atom stereocenters. The van der Waals surface area contributed by atoms with E-state index in [0.29, 0.717) is 5.75 Å². The van der Waals surface area contributed by atoms with Gasteiger partial charge in [0.25, 0.3) is 0 Å². The summed E-state index contributed by atoms with van der Waals surface area (Å²) >= 11 is -0.00833. The van der Waals surface area contributed by atoms with Crippen molar-refractivity contribution in [3.8, 4) is 0 Å². The highest BCUT2D eigenvalue weighted by molar-refractivity contribution is 8.13. The minimum atomic E-state index is -2.90. The molecule has 0 amide bonds. The van der Waals surface area contributed by atoms with Gasteiger partial charge in [-0.25, -0.2) is 19.5 Å². The normalized spacial score (nSPS) is 29.5. The largest absolute Gasteiger partial charge is 0.270 e. The van der Waals surface area contributed by atoms with Crippen molar-refractivity contribution in [3.63, 3.8) is 0 Å². The lowest BCUT2D eigenvalue weighted by molar-refractivity contribution is 0.234. The average Bonchev–Trinajstić information content (AvgIpc) is 2.58. The Balaban J connectivity index is 1.94. The molecule has 2 saturated heterocycles. The molecule has 2 rings (SSSR count). The van der Waals surface area contributed by atoms with Gasteiger partial charge in [-0.3, -0.25) is 4.31 Å². The van der Waals surface area contributed by atoms with Gasteiger partial charge in [0.05, 0.1) is 5.75 Å². The third-order valence-electron chi connectivity index (χ3n) is 3.55. The van der Waals surface area contributed by atoms with E-state index in [2.05, 4.69) is 16.8 Å². The number of rotatable bonds is 2. The van der Waals surface area contributed by atoms with E-state index in [9.17, 15) is 8.42 Å². The lowest BCUT2D eigenvalue weighted by atomic mass is 10.1. The Hall–Kier alpha value is 0.220. The lowest BCUT2D eigenvalue weighted by Crippen LogP contribution is -2.44. The Labute approximate surface area is 102 Å². The van der Waals surface area contributed by atoms with Crippen LogP contribution in [0.25, 0.3) is 0 Å². The van der Waals surface area contributed by atoms with E-state index < -0.39 is 10.0 Å². The number of nitrogens with zero attached hydrogens (tertiary/aromatic N) is 2. The van der Waals surface area contributed by atoms with Gasteiger partial charge in [-0.15, -0.1) is 0 Å². The molecule has 0 radical (unpaired) electrons. The Morgan fingerprint density at radius 2 is 1.75 bits per heavy atom. The van der Waals surface area contributed by atoms with Crippen LogP contribution in [0.4, 0.5) is 0 Å². The van der Waals surface area contributed by atoms with E-state index in [1.54, 1.807) is 4.31 Å². The second-order valence-electron chi connectivity index (χ2n) is 4.81. The predicted octanol–water partition coefficient (Wildman–Crippen LogP) is 0.662. The van der Waals surface area contributed by atoms with Gasteiger partial charge in [-0.05, 0) is 31.8 Å². The number of hydrogen-bond acceptors (Lipinski definition) is 3. The molecule has 4 nitrogen and oxygen atoms in total. The zero-order chi connectivity index (χ0) is 11.8. The van der Waals surface area contributed by atoms with Crippen molar-refractivity contribution in [3.05, 3.63) is 0 Å². The van der Waals surface area contributed by atoms with E-state index in [-0.39, 0.29) is 17.1 Å². The second kappa shape index (κ2) is 4.84. The number of piperidine rings is 1. The van der Waals surface area contributed by atoms with E-state index in [1.165, 1.54) is 0 Å². The van der Waals surface area contributed by atoms with E-state index in [4.69, 9.17) is 0 Å². The first kappa shape index (κ1) is 12.7. The molecule has 0 aromatic rings. The van der Waals surface area contributed by atoms with Gasteiger partial charge in [0, 0.05) is 25.7 Å². The summed E-state index contributed by atoms with van der Waals surface area (Å²) in [5.74, 6) is 0.363. The fourth-order valence-corrected chi connectivity index (χ4v) is 5.44. The molecule has 0 aliphatic carbocycles. The molecule has 0 aromatic carbocycles. The maximum Gasteiger partial charge on any atom is 0.214 e. The predicted molar refractivity (Wildman–Crippen MR) is 70.5 cm³/mol. The third kappa shape index (κ3) is 2.55. The number of hydrogen-bond donors (Lipinski definition) is 1. The van der Waals surface area contributed by atoms with Crippen molar-refractivity contribution < 1.29 is 8.42 Å². The van der Waals surface area contributed by atoms with Crippen molar-refractivity contribution in [1.29, 1.82) is 0 Å². The smallest absolute Gasteiger partial charge is 0.214 e. The molecule has 96 valence electrons. The molecule has 6 heteroatoms. The Kier molecular flexibility index (Phi) is 3.83. The molecule has 0 bridgehead atoms. The van der Waals surface area contributed by atoms with Crippen LogP contribution in [0.1, 0.15) is 19.3 Å². The summed E-state index contributed by atoms with van der Waals surface area (Å²) in [6.45, 7) is 2.88. The van der Waals surface area contributed by atoms with E-state index in [0.717, 1.165) is 38.9 Å². The number of thiol groups is 1. The third-order valence-corrected chi connectivity index (χ3v) is 7.08. The van der Waals surface area contributed by atoms with Gasteiger partial charge in [0.2, 0.25) is 10.0 Å². The SMILES string of the molecule is C[SH](C)N1CCC(N2CCCS2(=O)=O)CC1. The number of sulfonamides is 1. The molecule has 2 fully saturated rings. The van der Waals surface area contributed by atoms with Gasteiger partial charge < -0.3 is 0 Å². The Bertz CT molecular complexity index is 335. The highest BCUT2D eigenvalue weighted by atomic mass is 32.2. The van der Waals surface area contributed by atoms with Crippen LogP contribution < -0.4 is 0 Å². The summed E-state index contributed by atoms with van der Waals surface area (Å²) in [5, 5.41) is 0. The first-order valence-corrected chi connectivity index (χ1v) is 9.72. The van der Waals surface area contributed by atoms with Crippen LogP contribution in [0.3, 0.4) is 0 Å². The molecule has 0 aromatic heterocycles. The summed E-state index contributed by atoms with van der Waals surface area (Å²) in [6, 6.07) is 0.277. The van der Waals surface area contributed by atoms with Gasteiger partial charge in [0.15, 0.2) is 0 Å². The molecule has 2 heterocycles. The van der Waals surface area contributed by atoms with Crippen LogP contribution in [0.5, 0.6) is 0 Å². The zero-order valence-electron chi connectivity index (χ0n) is 10.1. The Morgan fingerprint density at radius 1 is 1.12 bits per heavy atom. The first-order chi connectivity index (χ1) is 7.50. The molecule has 0 saturated carbocycles. The zero-order valence-corrected chi connectivity index (χ0v) is 11.8. The van der Waals surface area contributed by atoms with Crippen LogP contribution in [-0.2, 0) is 10.0 Å². The minimum Gasteiger partial charge on any atom is -0.270 e. The molecule has 16 heavy (non-hydrogen) atoms. The maximum absolute atomic E-state index is 11.8. The van der Waals surface area contributed by atoms with Crippen LogP contribution >= 0.6 is 11.1 Å². The molecule has 2 aliphatic rings. The summed E-state index contributed by atoms with van der Waals surface area (Å²) in [4.78, 5) is 0. The van der Waals surface area contributed by atoms with Crippen molar-refractivity contribution in [1.82, 2.24) is 8.61 Å². The van der Waals surface area contributed by atoms with Crippen molar-refractivity contribution in [2.45, 2.75) is 25.3 Å². The average molecular weight is 266 g/mol. The van der Waals surface area contributed by atoms with Gasteiger partial charge in [-0.1, -0.05) is 0 Å². The van der Waals surface area contributed by atoms with Crippen LogP contribution in [-0.4, -0.2) is 61.0 Å². The fraction of sp³-hybridized carbons (Fsp3) is 1.00. The van der Waals surface area contributed by atoms with Crippen LogP contribution in [0.15, 0.2) is 0 Å². The highest BCUT2D eigenvalue weighted by Crippen LogP contribution is 2.30. The van der Waals surface area contributed by atoms with Gasteiger partial charge in [-0.2, -0.15) is 4.31 Å². The standard InChI is InChI=1S/C10H22N2O2S2/c1-15(2)11-7-4-10(5-8-11)12-6-3-9-16(12,13)14/h10,15H,3-9H2,1-2H3. The van der Waals surface area contributed by atoms with Gasteiger partial charge >= 0.3 is 0 Å². The van der Waals surface area contributed by atoms with Crippen molar-refractivity contribution >= 4 is 21.1 Å². The molecule has 0 atom stereocenters. The molecule has 0 N–H and O–H groups in total. The summed E-state index contributed by atoms with van der Waals surface area (Å²) < 4.78 is 27.8. The van der Waals surface area contributed by atoms with E-state index in [1.807, 2.05) is 0 Å². The van der Waals surface area contributed by atoms with Crippen LogP contribution in [0, 0.1) is 0 Å². The monoisotopic (exact) mass is 266 g/mol. The maximum atomic E-state index is 11.8. The molecular formula is C10H22N2O2S2. The van der Waals surface area contributed by atoms with Crippen molar-refractivity contribution in [2.75, 3.05) is 37.9 Å². The topological polar surface area (TPSA) is 40.6 Å². The minimum absolute atomic E-state index is 0.00833. The highest BCUT2D eigenvalue weighted by Gasteiger charge is 2.36. The lowest BCUT2D eigenvalue weighted by Gasteiger charge is -2.38. The second-order valence-corrected chi connectivity index (χ2v) is 9.11. The van der Waals surface area contributed by atoms with E-state index >= 15 is 0 Å². The Morgan fingerprint density at radius 3 is 2.19 bits per heavy atom. The molecular weight excluding hydrogens is 244 g/mol. The van der Waals surface area contributed by atoms with Crippen LogP contribution in [0.2, 0.25) is 0 Å². The van der Waals surface area contributed by atoms with Crippen molar-refractivity contribution in [2.24, 2.45) is 0 Å². The summed E-state index contributed by atoms with van der Waals surface area (Å²) in [7, 11) is -2.90. The summed E-state index contributed by atoms with van der Waals surface area (Å²) in [6.07, 6.45) is 7.38. The van der Waals surface area contributed by atoms with Gasteiger partial charge in [0.1, 0.15) is 0 Å².